The second-order valence-corrected chi connectivity index (χ2v) is 5.99. The molecule has 2 fully saturated rings. The summed E-state index contributed by atoms with van der Waals surface area (Å²) < 4.78 is 22.0. The predicted molar refractivity (Wildman–Crippen MR) is 51.4 cm³/mol. The molecule has 2 unspecified atom stereocenters. The fraction of sp³-hybridized carbons (Fsp3) is 1.00. The minimum atomic E-state index is -3.47. The average molecular weight is 221 g/mol. The second-order valence-electron chi connectivity index (χ2n) is 3.98. The summed E-state index contributed by atoms with van der Waals surface area (Å²) in [5.74, 6) is 0. The highest BCUT2D eigenvalue weighted by atomic mass is 31.2. The molecule has 0 bridgehead atoms. The van der Waals surface area contributed by atoms with Crippen LogP contribution >= 0.6 is 7.60 Å². The summed E-state index contributed by atoms with van der Waals surface area (Å²) in [5.41, 5.74) is -0.455. The van der Waals surface area contributed by atoms with Crippen molar-refractivity contribution in [3.63, 3.8) is 0 Å². The van der Waals surface area contributed by atoms with Gasteiger partial charge in [0.25, 0.3) is 0 Å². The highest BCUT2D eigenvalue weighted by Crippen LogP contribution is 2.57. The molecule has 0 aliphatic carbocycles. The summed E-state index contributed by atoms with van der Waals surface area (Å²) in [6.45, 7) is 4.47. The van der Waals surface area contributed by atoms with Gasteiger partial charge in [0, 0.05) is 18.5 Å². The average Bonchev–Trinajstić information content (AvgIpc) is 2.46. The van der Waals surface area contributed by atoms with E-state index >= 15 is 0 Å². The Morgan fingerprint density at radius 3 is 2.93 bits per heavy atom. The predicted octanol–water partition coefficient (Wildman–Crippen LogP) is 0.197. The zero-order chi connectivity index (χ0) is 10.2. The van der Waals surface area contributed by atoms with Crippen molar-refractivity contribution < 1.29 is 18.7 Å². The zero-order valence-electron chi connectivity index (χ0n) is 8.23. The molecule has 2 heterocycles. The number of hydrogen-bond acceptors (Lipinski definition) is 4. The van der Waals surface area contributed by atoms with Crippen molar-refractivity contribution in [1.29, 1.82) is 0 Å². The van der Waals surface area contributed by atoms with Gasteiger partial charge in [-0.05, 0) is 6.92 Å². The molecule has 2 N–H and O–H groups in total. The van der Waals surface area contributed by atoms with Crippen molar-refractivity contribution in [3.05, 3.63) is 0 Å². The van der Waals surface area contributed by atoms with Crippen molar-refractivity contribution in [1.82, 2.24) is 5.32 Å². The first kappa shape index (κ1) is 10.6. The molecule has 2 saturated heterocycles. The molecule has 0 radical (unpaired) electrons. The van der Waals surface area contributed by atoms with Crippen LogP contribution in [0.2, 0.25) is 0 Å². The van der Waals surface area contributed by atoms with E-state index in [1.54, 1.807) is 6.92 Å². The SMILES string of the molecule is CCOP(=O)(O)C1CNCC12COC2. The molecular weight excluding hydrogens is 205 g/mol. The fourth-order valence-corrected chi connectivity index (χ4v) is 4.03. The molecule has 0 aromatic carbocycles. The lowest BCUT2D eigenvalue weighted by atomic mass is 9.85. The molecule has 0 aromatic heterocycles. The molecule has 2 rings (SSSR count). The summed E-state index contributed by atoms with van der Waals surface area (Å²) in [6, 6.07) is 0. The van der Waals surface area contributed by atoms with Crippen LogP contribution in [0.1, 0.15) is 6.92 Å². The lowest BCUT2D eigenvalue weighted by Crippen LogP contribution is -2.51. The van der Waals surface area contributed by atoms with Gasteiger partial charge >= 0.3 is 7.60 Å². The molecule has 5 nitrogen and oxygen atoms in total. The lowest BCUT2D eigenvalue weighted by molar-refractivity contribution is -0.100. The fourth-order valence-electron chi connectivity index (χ4n) is 2.19. The Kier molecular flexibility index (Phi) is 2.70. The first-order valence-corrected chi connectivity index (χ1v) is 6.51. The van der Waals surface area contributed by atoms with Gasteiger partial charge in [-0.15, -0.1) is 0 Å². The van der Waals surface area contributed by atoms with Crippen LogP contribution < -0.4 is 5.32 Å². The number of ether oxygens (including phenoxy) is 1. The van der Waals surface area contributed by atoms with Gasteiger partial charge < -0.3 is 19.5 Å². The van der Waals surface area contributed by atoms with Gasteiger partial charge in [0.15, 0.2) is 0 Å². The third-order valence-corrected chi connectivity index (χ3v) is 5.15. The normalized spacial score (nSPS) is 34.0. The van der Waals surface area contributed by atoms with Gasteiger partial charge in [-0.25, -0.2) is 0 Å². The van der Waals surface area contributed by atoms with Crippen LogP contribution in [0.3, 0.4) is 0 Å². The van der Waals surface area contributed by atoms with Crippen molar-refractivity contribution >= 4 is 7.60 Å². The Morgan fingerprint density at radius 2 is 2.43 bits per heavy atom. The molecule has 0 saturated carbocycles. The van der Waals surface area contributed by atoms with Gasteiger partial charge in [0.05, 0.1) is 25.5 Å². The van der Waals surface area contributed by atoms with E-state index in [2.05, 4.69) is 5.32 Å². The monoisotopic (exact) mass is 221 g/mol. The molecule has 82 valence electrons. The second kappa shape index (κ2) is 3.58. The zero-order valence-corrected chi connectivity index (χ0v) is 9.13. The van der Waals surface area contributed by atoms with Crippen LogP contribution in [0.15, 0.2) is 0 Å². The molecule has 6 heteroatoms. The van der Waals surface area contributed by atoms with Crippen molar-refractivity contribution in [3.8, 4) is 0 Å². The van der Waals surface area contributed by atoms with Gasteiger partial charge in [-0.2, -0.15) is 0 Å². The van der Waals surface area contributed by atoms with Crippen LogP contribution in [0.4, 0.5) is 0 Å². The molecule has 14 heavy (non-hydrogen) atoms. The Balaban J connectivity index is 2.13. The maximum absolute atomic E-state index is 11.9. The lowest BCUT2D eigenvalue weighted by Gasteiger charge is -2.42. The van der Waals surface area contributed by atoms with E-state index in [4.69, 9.17) is 9.26 Å². The third-order valence-electron chi connectivity index (χ3n) is 3.01. The van der Waals surface area contributed by atoms with E-state index in [1.807, 2.05) is 0 Å². The maximum Gasteiger partial charge on any atom is 0.333 e. The summed E-state index contributed by atoms with van der Waals surface area (Å²) in [4.78, 5) is 9.75. The highest BCUT2D eigenvalue weighted by Gasteiger charge is 2.56. The summed E-state index contributed by atoms with van der Waals surface area (Å²) in [7, 11) is -3.47. The molecular formula is C8H16NO4P. The highest BCUT2D eigenvalue weighted by molar-refractivity contribution is 7.53. The van der Waals surface area contributed by atoms with E-state index in [0.29, 0.717) is 19.8 Å². The van der Waals surface area contributed by atoms with Gasteiger partial charge in [-0.1, -0.05) is 0 Å². The van der Waals surface area contributed by atoms with Gasteiger partial charge in [0.2, 0.25) is 0 Å². The van der Waals surface area contributed by atoms with Gasteiger partial charge in [0.1, 0.15) is 0 Å². The Morgan fingerprint density at radius 1 is 1.71 bits per heavy atom. The van der Waals surface area contributed by atoms with E-state index in [9.17, 15) is 9.46 Å². The maximum atomic E-state index is 11.9. The summed E-state index contributed by atoms with van der Waals surface area (Å²) >= 11 is 0. The number of nitrogens with one attached hydrogen (secondary N) is 1. The van der Waals surface area contributed by atoms with E-state index < -0.39 is 7.60 Å². The third kappa shape index (κ3) is 1.53. The largest absolute Gasteiger partial charge is 0.380 e. The van der Waals surface area contributed by atoms with E-state index in [0.717, 1.165) is 6.54 Å². The molecule has 2 aliphatic heterocycles. The minimum absolute atomic E-state index is 0.153. The standard InChI is InChI=1S/C8H16NO4P/c1-2-13-14(10,11)7-3-9-4-8(7)5-12-6-8/h7,9H,2-6H2,1H3,(H,10,11). The molecule has 2 aliphatic rings. The van der Waals surface area contributed by atoms with E-state index in [-0.39, 0.29) is 17.7 Å². The Bertz CT molecular complexity index is 266. The molecule has 0 aromatic rings. The molecule has 0 amide bonds. The van der Waals surface area contributed by atoms with Crippen LogP contribution in [-0.4, -0.2) is 43.5 Å². The van der Waals surface area contributed by atoms with Crippen LogP contribution in [-0.2, 0) is 13.8 Å². The van der Waals surface area contributed by atoms with Crippen molar-refractivity contribution in [2.45, 2.75) is 12.6 Å². The first-order valence-electron chi connectivity index (χ1n) is 4.86. The quantitative estimate of drug-likeness (QED) is 0.666. The molecule has 2 atom stereocenters. The number of hydrogen-bond donors (Lipinski definition) is 2. The number of rotatable bonds is 3. The molecule has 1 spiro atoms. The smallest absolute Gasteiger partial charge is 0.333 e. The summed E-state index contributed by atoms with van der Waals surface area (Å²) in [6.07, 6.45) is 0. The van der Waals surface area contributed by atoms with Crippen LogP contribution in [0, 0.1) is 5.41 Å². The van der Waals surface area contributed by atoms with Gasteiger partial charge in [-0.3, -0.25) is 4.57 Å². The van der Waals surface area contributed by atoms with Crippen LogP contribution in [0.5, 0.6) is 0 Å². The Hall–Kier alpha value is 0.0700. The minimum Gasteiger partial charge on any atom is -0.380 e. The Labute approximate surface area is 83.3 Å². The summed E-state index contributed by atoms with van der Waals surface area (Å²) in [5, 5.41) is 3.14. The topological polar surface area (TPSA) is 67.8 Å². The van der Waals surface area contributed by atoms with E-state index in [1.165, 1.54) is 0 Å². The van der Waals surface area contributed by atoms with Crippen molar-refractivity contribution in [2.75, 3.05) is 32.9 Å². The van der Waals surface area contributed by atoms with Crippen molar-refractivity contribution in [2.24, 2.45) is 5.41 Å². The van der Waals surface area contributed by atoms with Crippen LogP contribution in [0.25, 0.3) is 0 Å². The first-order chi connectivity index (χ1) is 6.61.